The maximum Gasteiger partial charge on any atom is 0.335 e. The second kappa shape index (κ2) is 6.31. The fraction of sp³-hybridized carbons (Fsp3) is 0.364. The van der Waals surface area contributed by atoms with Gasteiger partial charge < -0.3 is 9.42 Å². The van der Waals surface area contributed by atoms with Crippen LogP contribution in [0.25, 0.3) is 0 Å². The predicted octanol–water partition coefficient (Wildman–Crippen LogP) is 2.67. The van der Waals surface area contributed by atoms with Crippen molar-refractivity contribution in [3.05, 3.63) is 34.9 Å². The third-order valence-corrected chi connectivity index (χ3v) is 3.69. The highest BCUT2D eigenvalue weighted by Crippen LogP contribution is 2.41. The van der Waals surface area contributed by atoms with Crippen LogP contribution in [0.1, 0.15) is 12.5 Å². The van der Waals surface area contributed by atoms with Crippen molar-refractivity contribution in [1.29, 1.82) is 0 Å². The SMILES string of the molecule is CCOP(=O)(O)CC(=O)Cc1ccc(Cl)cc1. The third kappa shape index (κ3) is 5.46. The molecule has 0 aliphatic carbocycles. The van der Waals surface area contributed by atoms with Crippen LogP contribution in [0.2, 0.25) is 5.02 Å². The average Bonchev–Trinajstić information content (AvgIpc) is 2.20. The van der Waals surface area contributed by atoms with Crippen LogP contribution in [-0.4, -0.2) is 23.4 Å². The molecule has 17 heavy (non-hydrogen) atoms. The van der Waals surface area contributed by atoms with E-state index in [1.165, 1.54) is 0 Å². The summed E-state index contributed by atoms with van der Waals surface area (Å²) in [6.07, 6.45) is -0.349. The van der Waals surface area contributed by atoms with E-state index in [4.69, 9.17) is 11.6 Å². The molecule has 4 nitrogen and oxygen atoms in total. The minimum atomic E-state index is -3.77. The number of carbonyl (C=O) groups is 1. The number of carbonyl (C=O) groups excluding carboxylic acids is 1. The van der Waals surface area contributed by atoms with Gasteiger partial charge in [-0.2, -0.15) is 0 Å². The van der Waals surface area contributed by atoms with Crippen molar-refractivity contribution < 1.29 is 18.8 Å². The van der Waals surface area contributed by atoms with Gasteiger partial charge in [-0.15, -0.1) is 0 Å². The highest BCUT2D eigenvalue weighted by molar-refractivity contribution is 7.53. The summed E-state index contributed by atoms with van der Waals surface area (Å²) in [6, 6.07) is 6.77. The first-order valence-electron chi connectivity index (χ1n) is 5.15. The van der Waals surface area contributed by atoms with Gasteiger partial charge in [-0.25, -0.2) is 0 Å². The predicted molar refractivity (Wildman–Crippen MR) is 66.5 cm³/mol. The van der Waals surface area contributed by atoms with Gasteiger partial charge in [-0.1, -0.05) is 23.7 Å². The Morgan fingerprint density at radius 2 is 2.00 bits per heavy atom. The maximum absolute atomic E-state index is 11.5. The molecule has 6 heteroatoms. The van der Waals surface area contributed by atoms with E-state index in [2.05, 4.69) is 4.52 Å². The van der Waals surface area contributed by atoms with Gasteiger partial charge in [0.15, 0.2) is 0 Å². The number of halogens is 1. The Hall–Kier alpha value is -0.670. The Labute approximate surface area is 105 Å². The molecule has 0 saturated heterocycles. The van der Waals surface area contributed by atoms with Crippen molar-refractivity contribution in [1.82, 2.24) is 0 Å². The monoisotopic (exact) mass is 276 g/mol. The fourth-order valence-corrected chi connectivity index (χ4v) is 2.53. The molecular formula is C11H14ClO4P. The molecule has 0 radical (unpaired) electrons. The first kappa shape index (κ1) is 14.4. The number of ketones is 1. The van der Waals surface area contributed by atoms with E-state index >= 15 is 0 Å². The topological polar surface area (TPSA) is 63.6 Å². The molecule has 0 spiro atoms. The molecule has 0 heterocycles. The Balaban J connectivity index is 2.55. The van der Waals surface area contributed by atoms with Gasteiger partial charge in [-0.05, 0) is 24.6 Å². The molecule has 94 valence electrons. The van der Waals surface area contributed by atoms with Crippen molar-refractivity contribution >= 4 is 25.0 Å². The summed E-state index contributed by atoms with van der Waals surface area (Å²) < 4.78 is 16.0. The quantitative estimate of drug-likeness (QED) is 0.812. The number of hydrogen-bond acceptors (Lipinski definition) is 3. The second-order valence-corrected chi connectivity index (χ2v) is 5.84. The third-order valence-electron chi connectivity index (χ3n) is 2.02. The van der Waals surface area contributed by atoms with E-state index in [1.54, 1.807) is 31.2 Å². The Bertz CT molecular complexity index is 430. The van der Waals surface area contributed by atoms with Crippen LogP contribution < -0.4 is 0 Å². The Morgan fingerprint density at radius 3 is 2.53 bits per heavy atom. The van der Waals surface area contributed by atoms with Crippen LogP contribution in [0.3, 0.4) is 0 Å². The molecule has 0 fully saturated rings. The van der Waals surface area contributed by atoms with Crippen LogP contribution in [-0.2, 0) is 20.3 Å². The van der Waals surface area contributed by atoms with E-state index in [1.807, 2.05) is 0 Å². The molecule has 1 rings (SSSR count). The summed E-state index contributed by atoms with van der Waals surface area (Å²) >= 11 is 5.71. The molecule has 0 bridgehead atoms. The molecule has 1 N–H and O–H groups in total. The first-order chi connectivity index (χ1) is 7.93. The van der Waals surface area contributed by atoms with Crippen molar-refractivity contribution in [2.45, 2.75) is 13.3 Å². The number of rotatable bonds is 6. The van der Waals surface area contributed by atoms with Crippen LogP contribution in [0, 0.1) is 0 Å². The Morgan fingerprint density at radius 1 is 1.41 bits per heavy atom. The van der Waals surface area contributed by atoms with E-state index in [-0.39, 0.29) is 18.8 Å². The summed E-state index contributed by atoms with van der Waals surface area (Å²) in [6.45, 7) is 1.72. The van der Waals surface area contributed by atoms with Crippen molar-refractivity contribution in [3.8, 4) is 0 Å². The number of Topliss-reactive ketones (excluding diaryl/α,β-unsaturated/α-hetero) is 1. The van der Waals surface area contributed by atoms with Crippen molar-refractivity contribution in [2.75, 3.05) is 12.8 Å². The van der Waals surface area contributed by atoms with Crippen molar-refractivity contribution in [3.63, 3.8) is 0 Å². The summed E-state index contributed by atoms with van der Waals surface area (Å²) in [4.78, 5) is 20.8. The highest BCUT2D eigenvalue weighted by atomic mass is 35.5. The molecule has 1 aromatic rings. The fourth-order valence-electron chi connectivity index (χ4n) is 1.36. The Kier molecular flexibility index (Phi) is 5.34. The lowest BCUT2D eigenvalue weighted by Gasteiger charge is -2.09. The summed E-state index contributed by atoms with van der Waals surface area (Å²) in [5.41, 5.74) is 0.760. The van der Waals surface area contributed by atoms with E-state index < -0.39 is 13.8 Å². The largest absolute Gasteiger partial charge is 0.335 e. The second-order valence-electron chi connectivity index (χ2n) is 3.56. The average molecular weight is 277 g/mol. The van der Waals surface area contributed by atoms with Crippen molar-refractivity contribution in [2.24, 2.45) is 0 Å². The van der Waals surface area contributed by atoms with Crippen LogP contribution in [0.4, 0.5) is 0 Å². The minimum Gasteiger partial charge on any atom is -0.324 e. The summed E-state index contributed by atoms with van der Waals surface area (Å²) in [5.74, 6) is -0.327. The lowest BCUT2D eigenvalue weighted by Crippen LogP contribution is -2.10. The zero-order chi connectivity index (χ0) is 12.9. The van der Waals surface area contributed by atoms with Crippen LogP contribution in [0.5, 0.6) is 0 Å². The summed E-state index contributed by atoms with van der Waals surface area (Å²) in [7, 11) is -3.77. The van der Waals surface area contributed by atoms with Gasteiger partial charge in [0.2, 0.25) is 0 Å². The normalized spacial score (nSPS) is 14.3. The molecule has 1 atom stereocenters. The van der Waals surface area contributed by atoms with Gasteiger partial charge in [0.1, 0.15) is 11.9 Å². The standard InChI is InChI=1S/C11H14ClO4P/c1-2-16-17(14,15)8-11(13)7-9-3-5-10(12)6-4-9/h3-6H,2,7-8H2,1H3,(H,14,15). The van der Waals surface area contributed by atoms with Crippen LogP contribution >= 0.6 is 19.2 Å². The van der Waals surface area contributed by atoms with Crippen LogP contribution in [0.15, 0.2) is 24.3 Å². The number of benzene rings is 1. The minimum absolute atomic E-state index is 0.106. The molecule has 0 aliphatic heterocycles. The molecule has 1 unspecified atom stereocenters. The molecule has 0 aromatic heterocycles. The zero-order valence-corrected chi connectivity index (χ0v) is 11.1. The molecular weight excluding hydrogens is 263 g/mol. The van der Waals surface area contributed by atoms with E-state index in [0.29, 0.717) is 5.02 Å². The molecule has 0 amide bonds. The zero-order valence-electron chi connectivity index (χ0n) is 9.43. The summed E-state index contributed by atoms with van der Waals surface area (Å²) in [5, 5.41) is 0.586. The first-order valence-corrected chi connectivity index (χ1v) is 7.29. The molecule has 0 aliphatic rings. The maximum atomic E-state index is 11.5. The van der Waals surface area contributed by atoms with E-state index in [0.717, 1.165) is 5.56 Å². The van der Waals surface area contributed by atoms with E-state index in [9.17, 15) is 14.3 Å². The van der Waals surface area contributed by atoms with Gasteiger partial charge in [0.05, 0.1) is 6.61 Å². The van der Waals surface area contributed by atoms with Gasteiger partial charge in [0, 0.05) is 11.4 Å². The highest BCUT2D eigenvalue weighted by Gasteiger charge is 2.23. The van der Waals surface area contributed by atoms with Gasteiger partial charge in [-0.3, -0.25) is 9.36 Å². The van der Waals surface area contributed by atoms with Gasteiger partial charge >= 0.3 is 7.60 Å². The number of hydrogen-bond donors (Lipinski definition) is 1. The lowest BCUT2D eigenvalue weighted by atomic mass is 10.1. The molecule has 1 aromatic carbocycles. The smallest absolute Gasteiger partial charge is 0.324 e. The molecule has 0 saturated carbocycles. The lowest BCUT2D eigenvalue weighted by molar-refractivity contribution is -0.116. The van der Waals surface area contributed by atoms with Gasteiger partial charge in [0.25, 0.3) is 0 Å².